The van der Waals surface area contributed by atoms with Crippen LogP contribution in [0.25, 0.3) is 0 Å². The van der Waals surface area contributed by atoms with Crippen LogP contribution in [0.15, 0.2) is 42.6 Å². The highest BCUT2D eigenvalue weighted by Gasteiger charge is 2.28. The Bertz CT molecular complexity index is 683. The first-order chi connectivity index (χ1) is 12.2. The summed E-state index contributed by atoms with van der Waals surface area (Å²) in [6, 6.07) is 12.3. The Hall–Kier alpha value is -2.11. The number of aromatic nitrogens is 1. The van der Waals surface area contributed by atoms with Crippen LogP contribution < -0.4 is 5.32 Å². The number of ether oxygens (including phenoxy) is 1. The number of rotatable bonds is 6. The molecule has 5 nitrogen and oxygen atoms in total. The SMILES string of the molecule is CC[C@H](NC(=O)c1cc[nH]c1C)[C@@H]1CN(Cc2ccccc2)CCO1. The molecule has 1 amide bonds. The van der Waals surface area contributed by atoms with Gasteiger partial charge in [0.15, 0.2) is 0 Å². The van der Waals surface area contributed by atoms with E-state index in [0.717, 1.165) is 31.7 Å². The number of morpholine rings is 1. The van der Waals surface area contributed by atoms with E-state index in [1.807, 2.05) is 19.1 Å². The lowest BCUT2D eigenvalue weighted by Gasteiger charge is -2.37. The summed E-state index contributed by atoms with van der Waals surface area (Å²) < 4.78 is 5.98. The maximum Gasteiger partial charge on any atom is 0.253 e. The molecule has 1 aromatic heterocycles. The van der Waals surface area contributed by atoms with Crippen molar-refractivity contribution in [3.8, 4) is 0 Å². The number of hydrogen-bond donors (Lipinski definition) is 2. The van der Waals surface area contributed by atoms with E-state index in [1.165, 1.54) is 5.56 Å². The number of H-pyrrole nitrogens is 1. The van der Waals surface area contributed by atoms with Gasteiger partial charge in [0.2, 0.25) is 0 Å². The number of aryl methyl sites for hydroxylation is 1. The van der Waals surface area contributed by atoms with Crippen molar-refractivity contribution in [3.05, 3.63) is 59.4 Å². The van der Waals surface area contributed by atoms with E-state index in [4.69, 9.17) is 4.74 Å². The largest absolute Gasteiger partial charge is 0.373 e. The van der Waals surface area contributed by atoms with E-state index in [9.17, 15) is 4.79 Å². The minimum Gasteiger partial charge on any atom is -0.373 e. The van der Waals surface area contributed by atoms with Gasteiger partial charge in [-0.2, -0.15) is 0 Å². The van der Waals surface area contributed by atoms with Gasteiger partial charge in [0.05, 0.1) is 24.3 Å². The fourth-order valence-corrected chi connectivity index (χ4v) is 3.36. The predicted octanol–water partition coefficient (Wildman–Crippen LogP) is 2.73. The molecule has 0 saturated carbocycles. The topological polar surface area (TPSA) is 57.4 Å². The second kappa shape index (κ2) is 8.32. The summed E-state index contributed by atoms with van der Waals surface area (Å²) in [6.45, 7) is 7.38. The Balaban J connectivity index is 1.60. The number of carbonyl (C=O) groups excluding carboxylic acids is 1. The van der Waals surface area contributed by atoms with Gasteiger partial charge in [0.1, 0.15) is 0 Å². The minimum absolute atomic E-state index is 0.0142. The van der Waals surface area contributed by atoms with Crippen molar-refractivity contribution in [2.24, 2.45) is 0 Å². The van der Waals surface area contributed by atoms with Gasteiger partial charge in [-0.15, -0.1) is 0 Å². The van der Waals surface area contributed by atoms with Gasteiger partial charge in [0, 0.05) is 31.5 Å². The highest BCUT2D eigenvalue weighted by molar-refractivity contribution is 5.95. The number of nitrogens with one attached hydrogen (secondary N) is 2. The number of carbonyl (C=O) groups is 1. The Kier molecular flexibility index (Phi) is 5.89. The maximum absolute atomic E-state index is 12.5. The number of amides is 1. The Morgan fingerprint density at radius 2 is 2.16 bits per heavy atom. The number of nitrogens with zero attached hydrogens (tertiary/aromatic N) is 1. The van der Waals surface area contributed by atoms with Gasteiger partial charge < -0.3 is 15.0 Å². The van der Waals surface area contributed by atoms with Gasteiger partial charge in [-0.1, -0.05) is 37.3 Å². The minimum atomic E-state index is -0.0330. The van der Waals surface area contributed by atoms with Crippen LogP contribution in [-0.4, -0.2) is 47.6 Å². The van der Waals surface area contributed by atoms with Crippen LogP contribution >= 0.6 is 0 Å². The van der Waals surface area contributed by atoms with Crippen molar-refractivity contribution < 1.29 is 9.53 Å². The Morgan fingerprint density at radius 3 is 2.84 bits per heavy atom. The predicted molar refractivity (Wildman–Crippen MR) is 98.5 cm³/mol. The zero-order chi connectivity index (χ0) is 17.6. The number of aromatic amines is 1. The molecule has 1 aliphatic rings. The second-order valence-electron chi connectivity index (χ2n) is 6.63. The Labute approximate surface area is 149 Å². The summed E-state index contributed by atoms with van der Waals surface area (Å²) in [4.78, 5) is 18.0. The summed E-state index contributed by atoms with van der Waals surface area (Å²) >= 11 is 0. The first-order valence-electron chi connectivity index (χ1n) is 9.00. The Morgan fingerprint density at radius 1 is 1.36 bits per heavy atom. The molecule has 0 spiro atoms. The van der Waals surface area contributed by atoms with Crippen LogP contribution in [0.4, 0.5) is 0 Å². The molecule has 0 radical (unpaired) electrons. The van der Waals surface area contributed by atoms with Crippen LogP contribution in [0.3, 0.4) is 0 Å². The molecule has 0 bridgehead atoms. The van der Waals surface area contributed by atoms with E-state index in [0.29, 0.717) is 12.2 Å². The zero-order valence-corrected chi connectivity index (χ0v) is 15.0. The van der Waals surface area contributed by atoms with Gasteiger partial charge in [-0.25, -0.2) is 0 Å². The molecular formula is C20H27N3O2. The molecule has 2 atom stereocenters. The fourth-order valence-electron chi connectivity index (χ4n) is 3.36. The molecule has 0 aliphatic carbocycles. The van der Waals surface area contributed by atoms with Crippen molar-refractivity contribution in [1.29, 1.82) is 0 Å². The third kappa shape index (κ3) is 4.50. The molecule has 2 aromatic rings. The van der Waals surface area contributed by atoms with Gasteiger partial charge >= 0.3 is 0 Å². The molecule has 5 heteroatoms. The van der Waals surface area contributed by atoms with Crippen molar-refractivity contribution in [2.45, 2.75) is 39.0 Å². The lowest BCUT2D eigenvalue weighted by atomic mass is 10.0. The standard InChI is InChI=1S/C20H27N3O2/c1-3-18(22-20(24)17-9-10-21-15(17)2)19-14-23(11-12-25-19)13-16-7-5-4-6-8-16/h4-10,18-19,21H,3,11-14H2,1-2H3,(H,22,24)/t18-,19-/m0/s1. The maximum atomic E-state index is 12.5. The fraction of sp³-hybridized carbons (Fsp3) is 0.450. The van der Waals surface area contributed by atoms with Crippen LogP contribution in [-0.2, 0) is 11.3 Å². The van der Waals surface area contributed by atoms with Gasteiger partial charge in [0.25, 0.3) is 5.91 Å². The first kappa shape index (κ1) is 17.7. The molecule has 2 heterocycles. The molecule has 1 aliphatic heterocycles. The molecule has 0 unspecified atom stereocenters. The van der Waals surface area contributed by atoms with Crippen LogP contribution in [0.5, 0.6) is 0 Å². The molecule has 25 heavy (non-hydrogen) atoms. The van der Waals surface area contributed by atoms with E-state index in [1.54, 1.807) is 6.20 Å². The summed E-state index contributed by atoms with van der Waals surface area (Å²) in [5.74, 6) is -0.0330. The first-order valence-corrected chi connectivity index (χ1v) is 9.00. The lowest BCUT2D eigenvalue weighted by Crippen LogP contribution is -2.53. The van der Waals surface area contributed by atoms with Crippen molar-refractivity contribution >= 4 is 5.91 Å². The smallest absolute Gasteiger partial charge is 0.253 e. The van der Waals surface area contributed by atoms with E-state index in [2.05, 4.69) is 46.4 Å². The average Bonchev–Trinajstić information content (AvgIpc) is 3.07. The number of hydrogen-bond acceptors (Lipinski definition) is 3. The highest BCUT2D eigenvalue weighted by atomic mass is 16.5. The summed E-state index contributed by atoms with van der Waals surface area (Å²) in [5.41, 5.74) is 2.90. The van der Waals surface area contributed by atoms with Gasteiger partial charge in [-0.05, 0) is 25.0 Å². The van der Waals surface area contributed by atoms with Crippen molar-refractivity contribution in [1.82, 2.24) is 15.2 Å². The lowest BCUT2D eigenvalue weighted by molar-refractivity contribution is -0.0483. The average molecular weight is 341 g/mol. The quantitative estimate of drug-likeness (QED) is 0.849. The van der Waals surface area contributed by atoms with Crippen molar-refractivity contribution in [2.75, 3.05) is 19.7 Å². The van der Waals surface area contributed by atoms with E-state index < -0.39 is 0 Å². The summed E-state index contributed by atoms with van der Waals surface area (Å²) in [5, 5.41) is 3.15. The van der Waals surface area contributed by atoms with Crippen molar-refractivity contribution in [3.63, 3.8) is 0 Å². The van der Waals surface area contributed by atoms with Crippen LogP contribution in [0.1, 0.15) is 35.0 Å². The highest BCUT2D eigenvalue weighted by Crippen LogP contribution is 2.15. The van der Waals surface area contributed by atoms with E-state index in [-0.39, 0.29) is 18.1 Å². The summed E-state index contributed by atoms with van der Waals surface area (Å²) in [6.07, 6.45) is 2.66. The van der Waals surface area contributed by atoms with Gasteiger partial charge in [-0.3, -0.25) is 9.69 Å². The molecule has 2 N–H and O–H groups in total. The van der Waals surface area contributed by atoms with E-state index >= 15 is 0 Å². The molecule has 3 rings (SSSR count). The zero-order valence-electron chi connectivity index (χ0n) is 15.0. The molecule has 1 fully saturated rings. The van der Waals surface area contributed by atoms with Crippen LogP contribution in [0.2, 0.25) is 0 Å². The monoisotopic (exact) mass is 341 g/mol. The molecule has 1 saturated heterocycles. The molecular weight excluding hydrogens is 314 g/mol. The number of benzene rings is 1. The summed E-state index contributed by atoms with van der Waals surface area (Å²) in [7, 11) is 0. The third-order valence-electron chi connectivity index (χ3n) is 4.83. The second-order valence-corrected chi connectivity index (χ2v) is 6.63. The molecule has 134 valence electrons. The van der Waals surface area contributed by atoms with Crippen LogP contribution in [0, 0.1) is 6.92 Å². The third-order valence-corrected chi connectivity index (χ3v) is 4.83. The molecule has 1 aromatic carbocycles. The normalized spacial score (nSPS) is 19.5.